The molecule has 0 aromatic heterocycles. The van der Waals surface area contributed by atoms with Crippen molar-refractivity contribution in [2.45, 2.75) is 39.7 Å². The maximum absolute atomic E-state index is 12.8. The molecule has 1 heterocycles. The van der Waals surface area contributed by atoms with E-state index in [0.717, 1.165) is 18.5 Å². The first-order chi connectivity index (χ1) is 13.5. The lowest BCUT2D eigenvalue weighted by Crippen LogP contribution is -2.29. The fraction of sp³-hybridized carbons (Fsp3) is 0.391. The monoisotopic (exact) mass is 380 g/mol. The summed E-state index contributed by atoms with van der Waals surface area (Å²) in [6, 6.07) is 15.0. The molecule has 3 rings (SSSR count). The van der Waals surface area contributed by atoms with Crippen LogP contribution < -0.4 is 10.2 Å². The molecule has 0 fully saturated rings. The predicted molar refractivity (Wildman–Crippen MR) is 112 cm³/mol. The van der Waals surface area contributed by atoms with Gasteiger partial charge in [-0.1, -0.05) is 32.0 Å². The molecule has 5 nitrogen and oxygen atoms in total. The largest absolute Gasteiger partial charge is 0.369 e. The topological polar surface area (TPSA) is 58.6 Å². The lowest BCUT2D eigenvalue weighted by atomic mass is 10.1. The molecule has 2 aromatic carbocycles. The standard InChI is InChI=1S/C23H28N2O3/c1-16(2)13-15-28-17(3)22(26)24-20-10-8-19(9-11-20)23(27)25-14-12-18-6-4-5-7-21(18)25/h4-11,16-17H,12-15H2,1-3H3,(H,24,26). The van der Waals surface area contributed by atoms with Gasteiger partial charge in [-0.2, -0.15) is 0 Å². The zero-order valence-electron chi connectivity index (χ0n) is 16.8. The van der Waals surface area contributed by atoms with Gasteiger partial charge in [0.25, 0.3) is 11.8 Å². The highest BCUT2D eigenvalue weighted by Crippen LogP contribution is 2.29. The number of carbonyl (C=O) groups excluding carboxylic acids is 2. The van der Waals surface area contributed by atoms with Gasteiger partial charge in [-0.3, -0.25) is 9.59 Å². The third-order valence-electron chi connectivity index (χ3n) is 4.96. The Labute approximate surface area is 166 Å². The van der Waals surface area contributed by atoms with Gasteiger partial charge in [0, 0.05) is 30.1 Å². The van der Waals surface area contributed by atoms with Crippen LogP contribution in [0.4, 0.5) is 11.4 Å². The predicted octanol–water partition coefficient (Wildman–Crippen LogP) is 4.28. The fourth-order valence-corrected chi connectivity index (χ4v) is 3.20. The van der Waals surface area contributed by atoms with Gasteiger partial charge >= 0.3 is 0 Å². The Kier molecular flexibility index (Phi) is 6.47. The van der Waals surface area contributed by atoms with Crippen LogP contribution in [0.2, 0.25) is 0 Å². The van der Waals surface area contributed by atoms with Crippen molar-refractivity contribution in [1.82, 2.24) is 0 Å². The minimum atomic E-state index is -0.513. The molecule has 28 heavy (non-hydrogen) atoms. The number of nitrogens with zero attached hydrogens (tertiary/aromatic N) is 1. The van der Waals surface area contributed by atoms with E-state index >= 15 is 0 Å². The number of ether oxygens (including phenoxy) is 1. The Bertz CT molecular complexity index is 830. The van der Waals surface area contributed by atoms with Gasteiger partial charge in [0.05, 0.1) is 0 Å². The molecular weight excluding hydrogens is 352 g/mol. The molecule has 0 radical (unpaired) electrons. The van der Waals surface area contributed by atoms with Crippen LogP contribution in [0.15, 0.2) is 48.5 Å². The summed E-state index contributed by atoms with van der Waals surface area (Å²) < 4.78 is 5.58. The van der Waals surface area contributed by atoms with E-state index in [4.69, 9.17) is 4.74 Å². The molecule has 0 spiro atoms. The number of anilines is 2. The van der Waals surface area contributed by atoms with Crippen molar-refractivity contribution in [2.75, 3.05) is 23.4 Å². The molecule has 1 N–H and O–H groups in total. The molecule has 2 aromatic rings. The van der Waals surface area contributed by atoms with Crippen LogP contribution >= 0.6 is 0 Å². The Morgan fingerprint density at radius 3 is 2.50 bits per heavy atom. The van der Waals surface area contributed by atoms with Gasteiger partial charge in [0.15, 0.2) is 0 Å². The summed E-state index contributed by atoms with van der Waals surface area (Å²) in [6.45, 7) is 7.26. The van der Waals surface area contributed by atoms with Gasteiger partial charge in [0.1, 0.15) is 6.10 Å². The number of benzene rings is 2. The van der Waals surface area contributed by atoms with Crippen LogP contribution in [0.3, 0.4) is 0 Å². The van der Waals surface area contributed by atoms with Crippen molar-refractivity contribution in [3.8, 4) is 0 Å². The molecule has 1 aliphatic rings. The fourth-order valence-electron chi connectivity index (χ4n) is 3.20. The third kappa shape index (κ3) is 4.78. The van der Waals surface area contributed by atoms with Crippen LogP contribution in [-0.4, -0.2) is 31.1 Å². The van der Waals surface area contributed by atoms with Crippen molar-refractivity contribution in [1.29, 1.82) is 0 Å². The number of para-hydroxylation sites is 1. The van der Waals surface area contributed by atoms with Crippen LogP contribution in [0.25, 0.3) is 0 Å². The summed E-state index contributed by atoms with van der Waals surface area (Å²) in [7, 11) is 0. The van der Waals surface area contributed by atoms with E-state index in [9.17, 15) is 9.59 Å². The number of amides is 2. The van der Waals surface area contributed by atoms with Gasteiger partial charge in [-0.15, -0.1) is 0 Å². The summed E-state index contributed by atoms with van der Waals surface area (Å²) >= 11 is 0. The second-order valence-electron chi connectivity index (χ2n) is 7.60. The van der Waals surface area contributed by atoms with E-state index in [0.29, 0.717) is 30.3 Å². The second-order valence-corrected chi connectivity index (χ2v) is 7.60. The quantitative estimate of drug-likeness (QED) is 0.780. The van der Waals surface area contributed by atoms with E-state index in [1.165, 1.54) is 5.56 Å². The highest BCUT2D eigenvalue weighted by molar-refractivity contribution is 6.07. The lowest BCUT2D eigenvalue weighted by molar-refractivity contribution is -0.126. The Morgan fingerprint density at radius 1 is 1.07 bits per heavy atom. The zero-order chi connectivity index (χ0) is 20.1. The molecule has 0 bridgehead atoms. The summed E-state index contributed by atoms with van der Waals surface area (Å²) in [5.41, 5.74) is 3.45. The minimum Gasteiger partial charge on any atom is -0.369 e. The first-order valence-corrected chi connectivity index (χ1v) is 9.88. The van der Waals surface area contributed by atoms with E-state index < -0.39 is 6.10 Å². The smallest absolute Gasteiger partial charge is 0.258 e. The molecule has 0 saturated carbocycles. The summed E-state index contributed by atoms with van der Waals surface area (Å²) in [5.74, 6) is 0.340. The summed E-state index contributed by atoms with van der Waals surface area (Å²) in [4.78, 5) is 26.9. The Hall–Kier alpha value is -2.66. The van der Waals surface area contributed by atoms with Crippen molar-refractivity contribution >= 4 is 23.2 Å². The van der Waals surface area contributed by atoms with Crippen molar-refractivity contribution in [3.05, 3.63) is 59.7 Å². The lowest BCUT2D eigenvalue weighted by Gasteiger charge is -2.18. The number of hydrogen-bond acceptors (Lipinski definition) is 3. The van der Waals surface area contributed by atoms with Crippen LogP contribution in [0.1, 0.15) is 43.1 Å². The average Bonchev–Trinajstić information content (AvgIpc) is 3.11. The van der Waals surface area contributed by atoms with Gasteiger partial charge in [-0.25, -0.2) is 0 Å². The van der Waals surface area contributed by atoms with Gasteiger partial charge in [-0.05, 0) is 61.6 Å². The summed E-state index contributed by atoms with van der Waals surface area (Å²) in [6.07, 6.45) is 1.29. The molecule has 2 amide bonds. The number of nitrogens with one attached hydrogen (secondary N) is 1. The van der Waals surface area contributed by atoms with Crippen molar-refractivity contribution < 1.29 is 14.3 Å². The minimum absolute atomic E-state index is 0.0202. The van der Waals surface area contributed by atoms with Gasteiger partial charge in [0.2, 0.25) is 0 Å². The molecule has 5 heteroatoms. The molecule has 1 atom stereocenters. The molecule has 1 aliphatic heterocycles. The van der Waals surface area contributed by atoms with Crippen LogP contribution in [0, 0.1) is 5.92 Å². The SMILES string of the molecule is CC(C)CCOC(C)C(=O)Nc1ccc(C(=O)N2CCc3ccccc32)cc1. The molecule has 148 valence electrons. The molecular formula is C23H28N2O3. The normalized spacial score (nSPS) is 14.1. The Balaban J connectivity index is 1.58. The molecule has 0 saturated heterocycles. The van der Waals surface area contributed by atoms with Crippen LogP contribution in [-0.2, 0) is 16.0 Å². The van der Waals surface area contributed by atoms with E-state index in [1.807, 2.05) is 23.1 Å². The zero-order valence-corrected chi connectivity index (χ0v) is 16.8. The number of hydrogen-bond donors (Lipinski definition) is 1. The number of carbonyl (C=O) groups is 2. The first-order valence-electron chi connectivity index (χ1n) is 9.88. The van der Waals surface area contributed by atoms with Crippen molar-refractivity contribution in [3.63, 3.8) is 0 Å². The van der Waals surface area contributed by atoms with E-state index in [2.05, 4.69) is 25.2 Å². The third-order valence-corrected chi connectivity index (χ3v) is 4.96. The van der Waals surface area contributed by atoms with E-state index in [-0.39, 0.29) is 11.8 Å². The molecule has 1 unspecified atom stereocenters. The van der Waals surface area contributed by atoms with Crippen molar-refractivity contribution in [2.24, 2.45) is 5.92 Å². The average molecular weight is 380 g/mol. The first kappa shape index (κ1) is 20.1. The van der Waals surface area contributed by atoms with E-state index in [1.54, 1.807) is 31.2 Å². The second kappa shape index (κ2) is 9.02. The number of rotatable bonds is 7. The highest BCUT2D eigenvalue weighted by atomic mass is 16.5. The van der Waals surface area contributed by atoms with Gasteiger partial charge < -0.3 is 15.0 Å². The number of fused-ring (bicyclic) bond motifs is 1. The van der Waals surface area contributed by atoms with Crippen LogP contribution in [0.5, 0.6) is 0 Å². The summed E-state index contributed by atoms with van der Waals surface area (Å²) in [5, 5.41) is 2.84. The maximum Gasteiger partial charge on any atom is 0.258 e. The molecule has 0 aliphatic carbocycles. The highest BCUT2D eigenvalue weighted by Gasteiger charge is 2.25. The maximum atomic E-state index is 12.8. The Morgan fingerprint density at radius 2 is 1.79 bits per heavy atom.